The van der Waals surface area contributed by atoms with Crippen LogP contribution < -0.4 is 0 Å². The van der Waals surface area contributed by atoms with Crippen molar-refractivity contribution in [1.82, 2.24) is 0 Å². The summed E-state index contributed by atoms with van der Waals surface area (Å²) < 4.78 is 0. The van der Waals surface area contributed by atoms with E-state index in [9.17, 15) is 15.3 Å². The molecule has 30 heavy (non-hydrogen) atoms. The van der Waals surface area contributed by atoms with Gasteiger partial charge >= 0.3 is 0 Å². The van der Waals surface area contributed by atoms with Crippen LogP contribution in [0.5, 0.6) is 17.2 Å². The highest BCUT2D eigenvalue weighted by molar-refractivity contribution is 5.52. The van der Waals surface area contributed by atoms with Gasteiger partial charge in [-0.1, -0.05) is 68.5 Å². The minimum absolute atomic E-state index is 0.247. The van der Waals surface area contributed by atoms with Gasteiger partial charge in [0.1, 0.15) is 17.2 Å². The standard InChI is InChI=1S/C27H30O3/c28-24-12-6-21(7-13-24)27(22-8-14-25(29)15-9-22,23-10-16-26(30)17-11-23)19-18-20-4-2-1-3-5-20/h6-17,20,28-30H,1-5,18-19H2. The van der Waals surface area contributed by atoms with Crippen molar-refractivity contribution >= 4 is 0 Å². The summed E-state index contributed by atoms with van der Waals surface area (Å²) in [7, 11) is 0. The maximum absolute atomic E-state index is 9.90. The summed E-state index contributed by atoms with van der Waals surface area (Å²) in [6.07, 6.45) is 8.59. The molecule has 1 saturated carbocycles. The Morgan fingerprint density at radius 1 is 0.567 bits per heavy atom. The molecule has 0 aromatic heterocycles. The summed E-state index contributed by atoms with van der Waals surface area (Å²) in [6.45, 7) is 0. The molecule has 1 fully saturated rings. The average molecular weight is 403 g/mol. The first-order valence-electron chi connectivity index (χ1n) is 11.0. The third-order valence-corrected chi connectivity index (χ3v) is 6.73. The van der Waals surface area contributed by atoms with E-state index in [2.05, 4.69) is 0 Å². The van der Waals surface area contributed by atoms with E-state index < -0.39 is 5.41 Å². The van der Waals surface area contributed by atoms with E-state index in [-0.39, 0.29) is 17.2 Å². The SMILES string of the molecule is Oc1ccc(C(CCC2CCCCC2)(c2ccc(O)cc2)c2ccc(O)cc2)cc1. The van der Waals surface area contributed by atoms with Crippen LogP contribution in [0.3, 0.4) is 0 Å². The lowest BCUT2D eigenvalue weighted by molar-refractivity contribution is 0.315. The molecule has 0 radical (unpaired) electrons. The van der Waals surface area contributed by atoms with E-state index in [0.717, 1.165) is 35.4 Å². The number of phenols is 3. The molecule has 1 aliphatic carbocycles. The largest absolute Gasteiger partial charge is 0.508 e. The van der Waals surface area contributed by atoms with Crippen LogP contribution in [-0.4, -0.2) is 15.3 Å². The van der Waals surface area contributed by atoms with E-state index in [1.54, 1.807) is 36.4 Å². The Kier molecular flexibility index (Phi) is 5.98. The first-order valence-corrected chi connectivity index (χ1v) is 11.0. The Labute approximate surface area is 178 Å². The van der Waals surface area contributed by atoms with Gasteiger partial charge in [0.25, 0.3) is 0 Å². The molecule has 0 heterocycles. The lowest BCUT2D eigenvalue weighted by Crippen LogP contribution is -2.30. The number of aromatic hydroxyl groups is 3. The molecule has 156 valence electrons. The molecule has 3 aromatic carbocycles. The molecule has 0 unspecified atom stereocenters. The smallest absolute Gasteiger partial charge is 0.115 e. The second-order valence-corrected chi connectivity index (χ2v) is 8.59. The molecule has 0 spiro atoms. The fraction of sp³-hybridized carbons (Fsp3) is 0.333. The molecule has 0 saturated heterocycles. The normalized spacial score (nSPS) is 15.2. The predicted molar refractivity (Wildman–Crippen MR) is 120 cm³/mol. The minimum Gasteiger partial charge on any atom is -0.508 e. The zero-order valence-corrected chi connectivity index (χ0v) is 17.3. The van der Waals surface area contributed by atoms with Gasteiger partial charge in [-0.15, -0.1) is 0 Å². The molecule has 0 bridgehead atoms. The Bertz CT molecular complexity index is 826. The number of rotatable bonds is 6. The van der Waals surface area contributed by atoms with Gasteiger partial charge in [0.2, 0.25) is 0 Å². The van der Waals surface area contributed by atoms with E-state index in [1.807, 2.05) is 36.4 Å². The zero-order valence-electron chi connectivity index (χ0n) is 17.3. The van der Waals surface area contributed by atoms with E-state index in [4.69, 9.17) is 0 Å². The van der Waals surface area contributed by atoms with Gasteiger partial charge < -0.3 is 15.3 Å². The number of phenolic OH excluding ortho intramolecular Hbond substituents is 3. The van der Waals surface area contributed by atoms with Crippen LogP contribution >= 0.6 is 0 Å². The van der Waals surface area contributed by atoms with Crippen molar-refractivity contribution in [3.63, 3.8) is 0 Å². The topological polar surface area (TPSA) is 60.7 Å². The molecular weight excluding hydrogens is 372 g/mol. The van der Waals surface area contributed by atoms with Crippen molar-refractivity contribution in [2.24, 2.45) is 5.92 Å². The maximum atomic E-state index is 9.90. The van der Waals surface area contributed by atoms with Crippen LogP contribution in [0, 0.1) is 5.92 Å². The molecule has 3 N–H and O–H groups in total. The molecule has 0 aliphatic heterocycles. The van der Waals surface area contributed by atoms with Crippen LogP contribution in [0.25, 0.3) is 0 Å². The van der Waals surface area contributed by atoms with Crippen molar-refractivity contribution in [2.75, 3.05) is 0 Å². The number of benzene rings is 3. The quantitative estimate of drug-likeness (QED) is 0.413. The number of hydrogen-bond donors (Lipinski definition) is 3. The van der Waals surface area contributed by atoms with Gasteiger partial charge in [0, 0.05) is 5.41 Å². The van der Waals surface area contributed by atoms with Crippen molar-refractivity contribution in [1.29, 1.82) is 0 Å². The highest BCUT2D eigenvalue weighted by Gasteiger charge is 2.37. The Morgan fingerprint density at radius 3 is 1.30 bits per heavy atom. The highest BCUT2D eigenvalue weighted by Crippen LogP contribution is 2.46. The molecule has 3 nitrogen and oxygen atoms in total. The first kappa shape index (κ1) is 20.3. The van der Waals surface area contributed by atoms with Gasteiger partial charge in [-0.05, 0) is 71.8 Å². The van der Waals surface area contributed by atoms with Crippen molar-refractivity contribution < 1.29 is 15.3 Å². The fourth-order valence-corrected chi connectivity index (χ4v) is 5.07. The molecule has 0 atom stereocenters. The van der Waals surface area contributed by atoms with Crippen LogP contribution in [0.4, 0.5) is 0 Å². The number of hydrogen-bond acceptors (Lipinski definition) is 3. The van der Waals surface area contributed by atoms with E-state index in [1.165, 1.54) is 32.1 Å². The fourth-order valence-electron chi connectivity index (χ4n) is 5.07. The summed E-state index contributed by atoms with van der Waals surface area (Å²) in [5, 5.41) is 29.7. The molecule has 3 heteroatoms. The van der Waals surface area contributed by atoms with Crippen LogP contribution in [0.2, 0.25) is 0 Å². The van der Waals surface area contributed by atoms with Gasteiger partial charge in [0.15, 0.2) is 0 Å². The summed E-state index contributed by atoms with van der Waals surface area (Å²) >= 11 is 0. The minimum atomic E-state index is -0.424. The zero-order chi connectivity index (χ0) is 21.0. The predicted octanol–water partition coefficient (Wildman–Crippen LogP) is 6.50. The van der Waals surface area contributed by atoms with Crippen molar-refractivity contribution in [2.45, 2.75) is 50.4 Å². The molecular formula is C27H30O3. The first-order chi connectivity index (χ1) is 14.6. The van der Waals surface area contributed by atoms with E-state index in [0.29, 0.717) is 0 Å². The van der Waals surface area contributed by atoms with Gasteiger partial charge in [-0.25, -0.2) is 0 Å². The monoisotopic (exact) mass is 402 g/mol. The molecule has 3 aromatic rings. The highest BCUT2D eigenvalue weighted by atomic mass is 16.3. The van der Waals surface area contributed by atoms with Gasteiger partial charge in [-0.3, -0.25) is 0 Å². The summed E-state index contributed by atoms with van der Waals surface area (Å²) in [5.74, 6) is 1.47. The molecule has 0 amide bonds. The van der Waals surface area contributed by atoms with Crippen LogP contribution in [-0.2, 0) is 5.41 Å². The molecule has 1 aliphatic rings. The van der Waals surface area contributed by atoms with Crippen LogP contribution in [0.15, 0.2) is 72.8 Å². The second-order valence-electron chi connectivity index (χ2n) is 8.59. The van der Waals surface area contributed by atoms with Crippen molar-refractivity contribution in [3.05, 3.63) is 89.5 Å². The van der Waals surface area contributed by atoms with Crippen LogP contribution in [0.1, 0.15) is 61.6 Å². The maximum Gasteiger partial charge on any atom is 0.115 e. The second kappa shape index (κ2) is 8.83. The molecule has 4 rings (SSSR count). The Balaban J connectivity index is 1.85. The lowest BCUT2D eigenvalue weighted by atomic mass is 9.65. The van der Waals surface area contributed by atoms with Gasteiger partial charge in [-0.2, -0.15) is 0 Å². The van der Waals surface area contributed by atoms with E-state index >= 15 is 0 Å². The summed E-state index contributed by atoms with van der Waals surface area (Å²) in [5.41, 5.74) is 2.89. The third-order valence-electron chi connectivity index (χ3n) is 6.73. The Morgan fingerprint density at radius 2 is 0.933 bits per heavy atom. The summed E-state index contributed by atoms with van der Waals surface area (Å²) in [6, 6.07) is 22.4. The van der Waals surface area contributed by atoms with Crippen molar-refractivity contribution in [3.8, 4) is 17.2 Å². The third kappa shape index (κ3) is 4.16. The van der Waals surface area contributed by atoms with Gasteiger partial charge in [0.05, 0.1) is 0 Å². The average Bonchev–Trinajstić information content (AvgIpc) is 2.78. The summed E-state index contributed by atoms with van der Waals surface area (Å²) in [4.78, 5) is 0. The lowest BCUT2D eigenvalue weighted by Gasteiger charge is -2.38. The Hall–Kier alpha value is -2.94.